The third kappa shape index (κ3) is 5.18. The molecule has 4 aromatic rings. The molecule has 2 aromatic carbocycles. The number of anilines is 1. The van der Waals surface area contributed by atoms with E-state index in [2.05, 4.69) is 26.9 Å². The normalized spacial score (nSPS) is 17.3. The number of ether oxygens (including phenoxy) is 2. The van der Waals surface area contributed by atoms with Gasteiger partial charge in [-0.2, -0.15) is 5.10 Å². The van der Waals surface area contributed by atoms with Gasteiger partial charge >= 0.3 is 0 Å². The number of nitrogen functional groups attached to an aromatic ring is 1. The van der Waals surface area contributed by atoms with E-state index in [9.17, 15) is 0 Å². The van der Waals surface area contributed by atoms with Crippen LogP contribution in [0.4, 0.5) is 5.82 Å². The number of halogens is 1. The summed E-state index contributed by atoms with van der Waals surface area (Å²) in [6, 6.07) is 13.5. The first-order valence-electron chi connectivity index (χ1n) is 14.1. The monoisotopic (exact) mass is 545 g/mol. The van der Waals surface area contributed by atoms with E-state index in [0.29, 0.717) is 39.9 Å². The van der Waals surface area contributed by atoms with Crippen molar-refractivity contribution in [3.05, 3.63) is 65.1 Å². The number of nitrogens with zero attached hydrogens (tertiary/aromatic N) is 3. The minimum atomic E-state index is 0.425. The van der Waals surface area contributed by atoms with E-state index in [-0.39, 0.29) is 0 Å². The van der Waals surface area contributed by atoms with Crippen LogP contribution in [0.1, 0.15) is 74.5 Å². The second kappa shape index (κ2) is 11.4. The summed E-state index contributed by atoms with van der Waals surface area (Å²) in [4.78, 5) is 4.45. The summed E-state index contributed by atoms with van der Waals surface area (Å²) in [5.74, 6) is 3.33. The van der Waals surface area contributed by atoms with Crippen molar-refractivity contribution in [3.63, 3.8) is 0 Å². The molecular formula is C31H36ClN5O2. The van der Waals surface area contributed by atoms with Gasteiger partial charge in [-0.15, -0.1) is 0 Å². The molecule has 3 heterocycles. The van der Waals surface area contributed by atoms with Crippen molar-refractivity contribution in [3.8, 4) is 28.4 Å². The van der Waals surface area contributed by atoms with Crippen LogP contribution in [-0.4, -0.2) is 34.8 Å². The van der Waals surface area contributed by atoms with Gasteiger partial charge in [0.05, 0.1) is 12.8 Å². The Bertz CT molecular complexity index is 1460. The molecule has 2 aliphatic rings. The lowest BCUT2D eigenvalue weighted by Gasteiger charge is -2.27. The molecule has 0 bridgehead atoms. The Morgan fingerprint density at radius 1 is 0.949 bits per heavy atom. The van der Waals surface area contributed by atoms with E-state index < -0.39 is 0 Å². The highest BCUT2D eigenvalue weighted by atomic mass is 35.5. The summed E-state index contributed by atoms with van der Waals surface area (Å²) in [5, 5.41) is 8.98. The number of methoxy groups -OCH3 is 1. The summed E-state index contributed by atoms with van der Waals surface area (Å²) in [5.41, 5.74) is 12.4. The van der Waals surface area contributed by atoms with Gasteiger partial charge in [0, 0.05) is 16.5 Å². The second-order valence-corrected chi connectivity index (χ2v) is 11.2. The topological polar surface area (TPSA) is 86.7 Å². The highest BCUT2D eigenvalue weighted by molar-refractivity contribution is 6.30. The molecule has 1 aliphatic carbocycles. The van der Waals surface area contributed by atoms with Gasteiger partial charge in [-0.05, 0) is 86.1 Å². The quantitative estimate of drug-likeness (QED) is 0.246. The number of benzene rings is 2. The third-order valence-corrected chi connectivity index (χ3v) is 8.53. The minimum absolute atomic E-state index is 0.425. The molecule has 2 aromatic heterocycles. The Balaban J connectivity index is 1.54. The van der Waals surface area contributed by atoms with Crippen LogP contribution < -0.4 is 20.5 Å². The van der Waals surface area contributed by atoms with E-state index in [0.717, 1.165) is 42.6 Å². The molecule has 1 aliphatic heterocycles. The Labute approximate surface area is 234 Å². The lowest BCUT2D eigenvalue weighted by atomic mass is 9.81. The van der Waals surface area contributed by atoms with Gasteiger partial charge in [-0.25, -0.2) is 9.50 Å². The fourth-order valence-corrected chi connectivity index (χ4v) is 6.66. The Morgan fingerprint density at radius 3 is 2.49 bits per heavy atom. The smallest absolute Gasteiger partial charge is 0.169 e. The second-order valence-electron chi connectivity index (χ2n) is 10.7. The number of piperidine rings is 1. The van der Waals surface area contributed by atoms with E-state index in [1.54, 1.807) is 19.5 Å². The average molecular weight is 546 g/mol. The van der Waals surface area contributed by atoms with Gasteiger partial charge in [0.1, 0.15) is 17.6 Å². The van der Waals surface area contributed by atoms with Crippen LogP contribution >= 0.6 is 11.6 Å². The Morgan fingerprint density at radius 2 is 1.74 bits per heavy atom. The maximum atomic E-state index is 6.63. The standard InChI is InChI=1S/C31H36ClN5O2/c1-38-26-17-22(11-12-25(26)39-24-10-6-9-23(32)18-24)28-27(20-13-15-34-16-14-20)29(21-7-4-2-3-5-8-21)37-30(28)31(33)35-19-36-37/h6,9-12,17-21,34H,2-5,7-8,13-16H2,1H3,(H2,33,35,36). The maximum Gasteiger partial charge on any atom is 0.169 e. The van der Waals surface area contributed by atoms with Crippen LogP contribution in [0.5, 0.6) is 17.2 Å². The van der Waals surface area contributed by atoms with Gasteiger partial charge in [-0.3, -0.25) is 0 Å². The summed E-state index contributed by atoms with van der Waals surface area (Å²) in [6.07, 6.45) is 11.3. The summed E-state index contributed by atoms with van der Waals surface area (Å²) >= 11 is 6.19. The van der Waals surface area contributed by atoms with Gasteiger partial charge in [-0.1, -0.05) is 49.4 Å². The zero-order valence-electron chi connectivity index (χ0n) is 22.5. The molecule has 39 heavy (non-hydrogen) atoms. The molecule has 1 saturated heterocycles. The van der Waals surface area contributed by atoms with Crippen molar-refractivity contribution in [1.29, 1.82) is 0 Å². The molecule has 1 saturated carbocycles. The van der Waals surface area contributed by atoms with E-state index in [1.165, 1.54) is 49.8 Å². The number of hydrogen-bond donors (Lipinski definition) is 2. The molecular weight excluding hydrogens is 510 g/mol. The highest BCUT2D eigenvalue weighted by Crippen LogP contribution is 2.48. The zero-order chi connectivity index (χ0) is 26.8. The largest absolute Gasteiger partial charge is 0.493 e. The summed E-state index contributed by atoms with van der Waals surface area (Å²) in [6.45, 7) is 2.02. The van der Waals surface area contributed by atoms with E-state index >= 15 is 0 Å². The maximum absolute atomic E-state index is 6.63. The predicted octanol–water partition coefficient (Wildman–Crippen LogP) is 7.34. The van der Waals surface area contributed by atoms with Crippen LogP contribution in [0.15, 0.2) is 48.8 Å². The van der Waals surface area contributed by atoms with E-state index in [1.807, 2.05) is 24.3 Å². The molecule has 8 heteroatoms. The van der Waals surface area contributed by atoms with Crippen molar-refractivity contribution in [2.75, 3.05) is 25.9 Å². The van der Waals surface area contributed by atoms with Gasteiger partial charge < -0.3 is 20.5 Å². The van der Waals surface area contributed by atoms with Crippen LogP contribution in [0, 0.1) is 0 Å². The average Bonchev–Trinajstić information content (AvgIpc) is 3.09. The molecule has 0 unspecified atom stereocenters. The minimum Gasteiger partial charge on any atom is -0.493 e. The van der Waals surface area contributed by atoms with Crippen molar-refractivity contribution in [2.45, 2.75) is 63.2 Å². The first kappa shape index (κ1) is 26.0. The molecule has 204 valence electrons. The number of nitrogens with one attached hydrogen (secondary N) is 1. The molecule has 6 rings (SSSR count). The van der Waals surface area contributed by atoms with Gasteiger partial charge in [0.2, 0.25) is 0 Å². The Hall–Kier alpha value is -3.29. The van der Waals surface area contributed by atoms with Crippen molar-refractivity contribution in [2.24, 2.45) is 0 Å². The number of fused-ring (bicyclic) bond motifs is 1. The molecule has 7 nitrogen and oxygen atoms in total. The van der Waals surface area contributed by atoms with Gasteiger partial charge in [0.25, 0.3) is 0 Å². The lowest BCUT2D eigenvalue weighted by molar-refractivity contribution is 0.379. The van der Waals surface area contributed by atoms with Gasteiger partial charge in [0.15, 0.2) is 17.3 Å². The fraction of sp³-hybridized carbons (Fsp3) is 0.419. The number of rotatable bonds is 6. The summed E-state index contributed by atoms with van der Waals surface area (Å²) in [7, 11) is 1.67. The molecule has 0 atom stereocenters. The molecule has 3 N–H and O–H groups in total. The van der Waals surface area contributed by atoms with Crippen molar-refractivity contribution in [1.82, 2.24) is 19.9 Å². The van der Waals surface area contributed by atoms with E-state index in [4.69, 9.17) is 31.9 Å². The fourth-order valence-electron chi connectivity index (χ4n) is 6.48. The van der Waals surface area contributed by atoms with Crippen LogP contribution in [0.2, 0.25) is 5.02 Å². The van der Waals surface area contributed by atoms with Crippen LogP contribution in [0.3, 0.4) is 0 Å². The Kier molecular flexibility index (Phi) is 7.62. The first-order valence-corrected chi connectivity index (χ1v) is 14.5. The summed E-state index contributed by atoms with van der Waals surface area (Å²) < 4.78 is 14.1. The number of hydrogen-bond acceptors (Lipinski definition) is 6. The first-order chi connectivity index (χ1) is 19.1. The van der Waals surface area contributed by atoms with Crippen LogP contribution in [0.25, 0.3) is 16.6 Å². The SMILES string of the molecule is COc1cc(-c2c(C3CCNCC3)c(C3CCCCCC3)n3ncnc(N)c23)ccc1Oc1cccc(Cl)c1. The molecule has 0 radical (unpaired) electrons. The number of nitrogens with two attached hydrogens (primary N) is 1. The van der Waals surface area contributed by atoms with Crippen molar-refractivity contribution >= 4 is 22.9 Å². The third-order valence-electron chi connectivity index (χ3n) is 8.29. The number of aromatic nitrogens is 3. The molecule has 0 amide bonds. The van der Waals surface area contributed by atoms with Crippen molar-refractivity contribution < 1.29 is 9.47 Å². The lowest BCUT2D eigenvalue weighted by Crippen LogP contribution is -2.27. The molecule has 0 spiro atoms. The molecule has 2 fully saturated rings. The van der Waals surface area contributed by atoms with Crippen LogP contribution in [-0.2, 0) is 0 Å². The zero-order valence-corrected chi connectivity index (χ0v) is 23.2. The predicted molar refractivity (Wildman–Crippen MR) is 156 cm³/mol. The highest BCUT2D eigenvalue weighted by Gasteiger charge is 2.33.